The van der Waals surface area contributed by atoms with E-state index in [1.807, 2.05) is 13.0 Å². The Morgan fingerprint density at radius 2 is 1.96 bits per heavy atom. The number of phenolic OH excluding ortho intramolecular Hbond substituents is 1. The van der Waals surface area contributed by atoms with Gasteiger partial charge in [-0.15, -0.1) is 6.58 Å². The molecule has 0 amide bonds. The summed E-state index contributed by atoms with van der Waals surface area (Å²) >= 11 is 0. The van der Waals surface area contributed by atoms with Gasteiger partial charge in [0.1, 0.15) is 5.82 Å². The van der Waals surface area contributed by atoms with E-state index < -0.39 is 6.10 Å². The highest BCUT2D eigenvalue weighted by Gasteiger charge is 2.17. The highest BCUT2D eigenvalue weighted by atomic mass is 19.1. The van der Waals surface area contributed by atoms with Gasteiger partial charge in [-0.3, -0.25) is 0 Å². The summed E-state index contributed by atoms with van der Waals surface area (Å²) in [5.41, 5.74) is 2.31. The molecule has 0 spiro atoms. The van der Waals surface area contributed by atoms with Crippen LogP contribution in [0.25, 0.3) is 0 Å². The van der Waals surface area contributed by atoms with Crippen LogP contribution in [0.4, 0.5) is 4.39 Å². The Morgan fingerprint density at radius 1 is 1.28 bits per heavy atom. The summed E-state index contributed by atoms with van der Waals surface area (Å²) in [6, 6.07) is 9.20. The maximum absolute atomic E-state index is 13.0. The summed E-state index contributed by atoms with van der Waals surface area (Å²) in [6.07, 6.45) is 1.49. The molecule has 3 N–H and O–H groups in total. The Bertz CT molecular complexity index is 716. The van der Waals surface area contributed by atoms with Gasteiger partial charge < -0.3 is 20.3 Å². The molecule has 0 heterocycles. The van der Waals surface area contributed by atoms with Crippen LogP contribution in [0.3, 0.4) is 0 Å². The zero-order chi connectivity index (χ0) is 18.4. The predicted octanol–water partition coefficient (Wildman–Crippen LogP) is 3.48. The van der Waals surface area contributed by atoms with Crippen LogP contribution in [0, 0.1) is 5.82 Å². The number of halogens is 1. The lowest BCUT2D eigenvalue weighted by Gasteiger charge is -2.21. The van der Waals surface area contributed by atoms with E-state index in [4.69, 9.17) is 4.74 Å². The van der Waals surface area contributed by atoms with E-state index in [1.165, 1.54) is 19.2 Å². The lowest BCUT2D eigenvalue weighted by atomic mass is 10.0. The van der Waals surface area contributed by atoms with Crippen molar-refractivity contribution in [3.05, 3.63) is 71.6 Å². The Morgan fingerprint density at radius 3 is 2.56 bits per heavy atom. The van der Waals surface area contributed by atoms with E-state index >= 15 is 0 Å². The van der Waals surface area contributed by atoms with Gasteiger partial charge in [-0.25, -0.2) is 4.39 Å². The zero-order valence-electron chi connectivity index (χ0n) is 14.5. The van der Waals surface area contributed by atoms with Crippen LogP contribution in [-0.4, -0.2) is 23.4 Å². The van der Waals surface area contributed by atoms with Gasteiger partial charge in [0.2, 0.25) is 0 Å². The summed E-state index contributed by atoms with van der Waals surface area (Å²) in [4.78, 5) is 0. The second kappa shape index (κ2) is 8.65. The Kier molecular flexibility index (Phi) is 6.56. The first-order chi connectivity index (χ1) is 12.0. The molecule has 4 nitrogen and oxygen atoms in total. The quantitative estimate of drug-likeness (QED) is 0.641. The molecule has 25 heavy (non-hydrogen) atoms. The molecule has 0 bridgehead atoms. The Labute approximate surface area is 147 Å². The molecule has 134 valence electrons. The largest absolute Gasteiger partial charge is 0.504 e. The summed E-state index contributed by atoms with van der Waals surface area (Å²) in [5.74, 6) is 0.191. The van der Waals surface area contributed by atoms with Crippen molar-refractivity contribution in [1.82, 2.24) is 5.32 Å². The molecule has 2 aromatic rings. The van der Waals surface area contributed by atoms with Crippen molar-refractivity contribution < 1.29 is 19.3 Å². The molecule has 0 saturated heterocycles. The third-order valence-corrected chi connectivity index (χ3v) is 4.11. The number of phenols is 1. The van der Waals surface area contributed by atoms with Crippen LogP contribution in [-0.2, 0) is 13.0 Å². The topological polar surface area (TPSA) is 61.7 Å². The van der Waals surface area contributed by atoms with Crippen LogP contribution < -0.4 is 10.1 Å². The normalized spacial score (nSPS) is 13.3. The van der Waals surface area contributed by atoms with Crippen LogP contribution in [0.2, 0.25) is 0 Å². The van der Waals surface area contributed by atoms with Crippen LogP contribution in [0.5, 0.6) is 11.5 Å². The van der Waals surface area contributed by atoms with Gasteiger partial charge in [-0.2, -0.15) is 0 Å². The minimum atomic E-state index is -0.757. The Balaban J connectivity index is 2.08. The summed E-state index contributed by atoms with van der Waals surface area (Å²) in [7, 11) is 1.50. The van der Waals surface area contributed by atoms with Crippen molar-refractivity contribution in [3.8, 4) is 11.5 Å². The van der Waals surface area contributed by atoms with E-state index in [-0.39, 0.29) is 17.6 Å². The number of hydrogen-bond acceptors (Lipinski definition) is 4. The Hall–Kier alpha value is -2.37. The predicted molar refractivity (Wildman–Crippen MR) is 96.2 cm³/mol. The maximum Gasteiger partial charge on any atom is 0.161 e. The highest BCUT2D eigenvalue weighted by molar-refractivity contribution is 5.49. The molecule has 5 heteroatoms. The van der Waals surface area contributed by atoms with Gasteiger partial charge in [0.05, 0.1) is 13.2 Å². The number of aliphatic hydroxyl groups is 1. The third kappa shape index (κ3) is 4.81. The van der Waals surface area contributed by atoms with Crippen molar-refractivity contribution >= 4 is 0 Å². The van der Waals surface area contributed by atoms with Gasteiger partial charge in [-0.05, 0) is 42.7 Å². The monoisotopic (exact) mass is 345 g/mol. The molecule has 0 saturated carbocycles. The number of benzene rings is 2. The molecule has 0 aliphatic rings. The molecule has 2 rings (SSSR count). The summed E-state index contributed by atoms with van der Waals surface area (Å²) in [6.45, 7) is 6.04. The third-order valence-electron chi connectivity index (χ3n) is 4.11. The summed E-state index contributed by atoms with van der Waals surface area (Å²) in [5, 5.41) is 23.7. The van der Waals surface area contributed by atoms with E-state index in [9.17, 15) is 14.6 Å². The standard InChI is InChI=1S/C20H24FNO3/c1-4-5-16-10-14(11-18(25-3)20(16)24)12-22-13(2)19(23)15-6-8-17(21)9-7-15/h4,6-11,13,19,22-24H,1,5,12H2,2-3H3. The molecule has 2 aromatic carbocycles. The molecule has 0 radical (unpaired) electrons. The fourth-order valence-corrected chi connectivity index (χ4v) is 2.64. The lowest BCUT2D eigenvalue weighted by molar-refractivity contribution is 0.135. The van der Waals surface area contributed by atoms with Crippen molar-refractivity contribution in [1.29, 1.82) is 0 Å². The van der Waals surface area contributed by atoms with Crippen LogP contribution >= 0.6 is 0 Å². The number of aromatic hydroxyl groups is 1. The zero-order valence-corrected chi connectivity index (χ0v) is 14.5. The van der Waals surface area contributed by atoms with Gasteiger partial charge in [-0.1, -0.05) is 24.3 Å². The highest BCUT2D eigenvalue weighted by Crippen LogP contribution is 2.32. The average molecular weight is 345 g/mol. The fraction of sp³-hybridized carbons (Fsp3) is 0.300. The van der Waals surface area contributed by atoms with Gasteiger partial charge in [0.15, 0.2) is 11.5 Å². The first-order valence-corrected chi connectivity index (χ1v) is 8.12. The van der Waals surface area contributed by atoms with Crippen molar-refractivity contribution in [2.45, 2.75) is 32.0 Å². The van der Waals surface area contributed by atoms with E-state index in [1.54, 1.807) is 24.3 Å². The van der Waals surface area contributed by atoms with Crippen LogP contribution in [0.1, 0.15) is 29.7 Å². The van der Waals surface area contributed by atoms with Gasteiger partial charge >= 0.3 is 0 Å². The second-order valence-corrected chi connectivity index (χ2v) is 5.96. The first-order valence-electron chi connectivity index (χ1n) is 8.12. The molecule has 0 aliphatic carbocycles. The maximum atomic E-state index is 13.0. The summed E-state index contributed by atoms with van der Waals surface area (Å²) < 4.78 is 18.2. The molecular weight excluding hydrogens is 321 g/mol. The number of hydrogen-bond donors (Lipinski definition) is 3. The van der Waals surface area contributed by atoms with Gasteiger partial charge in [0, 0.05) is 18.2 Å². The van der Waals surface area contributed by atoms with Gasteiger partial charge in [0.25, 0.3) is 0 Å². The van der Waals surface area contributed by atoms with Crippen molar-refractivity contribution in [2.75, 3.05) is 7.11 Å². The molecular formula is C20H24FNO3. The van der Waals surface area contributed by atoms with Crippen molar-refractivity contribution in [3.63, 3.8) is 0 Å². The van der Waals surface area contributed by atoms with Crippen LogP contribution in [0.15, 0.2) is 49.1 Å². The lowest BCUT2D eigenvalue weighted by Crippen LogP contribution is -2.31. The first kappa shape index (κ1) is 19.0. The molecule has 0 aromatic heterocycles. The van der Waals surface area contributed by atoms with E-state index in [0.29, 0.717) is 24.3 Å². The average Bonchev–Trinajstić information content (AvgIpc) is 2.62. The minimum Gasteiger partial charge on any atom is -0.504 e. The second-order valence-electron chi connectivity index (χ2n) is 5.96. The van der Waals surface area contributed by atoms with E-state index in [2.05, 4.69) is 11.9 Å². The SMILES string of the molecule is C=CCc1cc(CNC(C)C(O)c2ccc(F)cc2)cc(OC)c1O. The number of rotatable bonds is 8. The number of nitrogens with one attached hydrogen (secondary N) is 1. The number of methoxy groups -OCH3 is 1. The molecule has 2 unspecified atom stereocenters. The molecule has 2 atom stereocenters. The molecule has 0 fully saturated rings. The number of aliphatic hydroxyl groups excluding tert-OH is 1. The number of allylic oxidation sites excluding steroid dienone is 1. The van der Waals surface area contributed by atoms with E-state index in [0.717, 1.165) is 11.1 Å². The fourth-order valence-electron chi connectivity index (χ4n) is 2.64. The van der Waals surface area contributed by atoms with Crippen molar-refractivity contribution in [2.24, 2.45) is 0 Å². The minimum absolute atomic E-state index is 0.116. The smallest absolute Gasteiger partial charge is 0.161 e. The number of ether oxygens (including phenoxy) is 1. The molecule has 0 aliphatic heterocycles.